The molecule has 2 saturated heterocycles. The third-order valence-electron chi connectivity index (χ3n) is 4.52. The minimum atomic E-state index is 0.128. The summed E-state index contributed by atoms with van der Waals surface area (Å²) in [6, 6.07) is 9.55. The van der Waals surface area contributed by atoms with Gasteiger partial charge in [-0.2, -0.15) is 0 Å². The van der Waals surface area contributed by atoms with Gasteiger partial charge in [-0.15, -0.1) is 0 Å². The molecule has 0 unspecified atom stereocenters. The molecular weight excluding hydrogens is 292 g/mol. The van der Waals surface area contributed by atoms with Crippen LogP contribution in [0.4, 0.5) is 11.4 Å². The molecule has 4 rings (SSSR count). The fourth-order valence-electron chi connectivity index (χ4n) is 3.38. The largest absolute Gasteiger partial charge is 0.464 e. The number of hydrogen-bond acceptors (Lipinski definition) is 3. The van der Waals surface area contributed by atoms with Crippen LogP contribution in [0.5, 0.6) is 0 Å². The van der Waals surface area contributed by atoms with E-state index in [4.69, 9.17) is 4.42 Å². The van der Waals surface area contributed by atoms with Crippen LogP contribution in [0, 0.1) is 0 Å². The Kier molecular flexibility index (Phi) is 3.41. The summed E-state index contributed by atoms with van der Waals surface area (Å²) in [7, 11) is 0. The Balaban J connectivity index is 1.81. The van der Waals surface area contributed by atoms with Gasteiger partial charge in [-0.25, -0.2) is 0 Å². The van der Waals surface area contributed by atoms with E-state index in [2.05, 4.69) is 0 Å². The predicted molar refractivity (Wildman–Crippen MR) is 87.3 cm³/mol. The van der Waals surface area contributed by atoms with Crippen molar-refractivity contribution in [3.63, 3.8) is 0 Å². The van der Waals surface area contributed by atoms with E-state index < -0.39 is 0 Å². The van der Waals surface area contributed by atoms with E-state index in [1.165, 1.54) is 0 Å². The summed E-state index contributed by atoms with van der Waals surface area (Å²) in [5.74, 6) is 1.01. The SMILES string of the molecule is O=C1CCCN1c1ccc(-c2ccco2)c(N2CCCC2=O)c1. The molecule has 2 aliphatic heterocycles. The van der Waals surface area contributed by atoms with Crippen molar-refractivity contribution in [1.82, 2.24) is 0 Å². The molecule has 118 valence electrons. The van der Waals surface area contributed by atoms with Crippen LogP contribution in [0.15, 0.2) is 41.0 Å². The average molecular weight is 310 g/mol. The molecule has 2 amide bonds. The number of hydrogen-bond donors (Lipinski definition) is 0. The highest BCUT2D eigenvalue weighted by atomic mass is 16.3. The van der Waals surface area contributed by atoms with Gasteiger partial charge in [0, 0.05) is 37.2 Å². The molecule has 0 spiro atoms. The fraction of sp³-hybridized carbons (Fsp3) is 0.333. The van der Waals surface area contributed by atoms with Gasteiger partial charge in [-0.3, -0.25) is 9.59 Å². The molecule has 0 radical (unpaired) electrons. The van der Waals surface area contributed by atoms with Gasteiger partial charge in [0.2, 0.25) is 11.8 Å². The van der Waals surface area contributed by atoms with Gasteiger partial charge >= 0.3 is 0 Å². The maximum absolute atomic E-state index is 12.2. The van der Waals surface area contributed by atoms with Gasteiger partial charge in [0.25, 0.3) is 0 Å². The molecule has 5 nitrogen and oxygen atoms in total. The summed E-state index contributed by atoms with van der Waals surface area (Å²) in [5.41, 5.74) is 2.58. The first-order valence-electron chi connectivity index (χ1n) is 8.03. The number of carbonyl (C=O) groups excluding carboxylic acids is 2. The lowest BCUT2D eigenvalue weighted by molar-refractivity contribution is -0.117. The van der Waals surface area contributed by atoms with E-state index in [9.17, 15) is 9.59 Å². The molecule has 0 atom stereocenters. The van der Waals surface area contributed by atoms with Gasteiger partial charge in [-0.1, -0.05) is 0 Å². The minimum absolute atomic E-state index is 0.128. The zero-order valence-electron chi connectivity index (χ0n) is 12.8. The van der Waals surface area contributed by atoms with Crippen LogP contribution in [0.3, 0.4) is 0 Å². The smallest absolute Gasteiger partial charge is 0.227 e. The van der Waals surface area contributed by atoms with Crippen molar-refractivity contribution in [1.29, 1.82) is 0 Å². The Hall–Kier alpha value is -2.56. The van der Waals surface area contributed by atoms with Crippen LogP contribution in [0.25, 0.3) is 11.3 Å². The Labute approximate surface area is 134 Å². The average Bonchev–Trinajstić information content (AvgIpc) is 3.28. The second-order valence-electron chi connectivity index (χ2n) is 5.98. The van der Waals surface area contributed by atoms with Crippen molar-refractivity contribution in [3.05, 3.63) is 36.6 Å². The van der Waals surface area contributed by atoms with Crippen LogP contribution >= 0.6 is 0 Å². The van der Waals surface area contributed by atoms with Crippen molar-refractivity contribution in [2.24, 2.45) is 0 Å². The Morgan fingerprint density at radius 1 is 0.913 bits per heavy atom. The maximum Gasteiger partial charge on any atom is 0.227 e. The van der Waals surface area contributed by atoms with E-state index in [0.717, 1.165) is 42.1 Å². The third-order valence-corrected chi connectivity index (χ3v) is 4.52. The summed E-state index contributed by atoms with van der Waals surface area (Å²) in [4.78, 5) is 27.8. The highest BCUT2D eigenvalue weighted by Gasteiger charge is 2.28. The number of amides is 2. The highest BCUT2D eigenvalue weighted by Crippen LogP contribution is 2.37. The molecule has 1 aromatic heterocycles. The molecule has 2 fully saturated rings. The Morgan fingerprint density at radius 2 is 1.65 bits per heavy atom. The topological polar surface area (TPSA) is 53.8 Å². The highest BCUT2D eigenvalue weighted by molar-refractivity contribution is 6.01. The van der Waals surface area contributed by atoms with Crippen molar-refractivity contribution in [3.8, 4) is 11.3 Å². The second-order valence-corrected chi connectivity index (χ2v) is 5.98. The molecule has 3 heterocycles. The monoisotopic (exact) mass is 310 g/mol. The Bertz CT molecular complexity index is 752. The summed E-state index contributed by atoms with van der Waals surface area (Å²) < 4.78 is 5.52. The van der Waals surface area contributed by atoms with Crippen LogP contribution < -0.4 is 9.80 Å². The molecule has 0 aliphatic carbocycles. The first-order chi connectivity index (χ1) is 11.2. The summed E-state index contributed by atoms with van der Waals surface area (Å²) in [6.45, 7) is 1.45. The summed E-state index contributed by atoms with van der Waals surface area (Å²) in [6.07, 6.45) is 4.55. The molecule has 2 aliphatic rings. The van der Waals surface area contributed by atoms with Crippen molar-refractivity contribution < 1.29 is 14.0 Å². The van der Waals surface area contributed by atoms with Gasteiger partial charge in [-0.05, 0) is 43.2 Å². The number of nitrogens with zero attached hydrogens (tertiary/aromatic N) is 2. The molecule has 0 N–H and O–H groups in total. The minimum Gasteiger partial charge on any atom is -0.464 e. The lowest BCUT2D eigenvalue weighted by Crippen LogP contribution is -2.26. The standard InChI is InChI=1S/C18H18N2O3/c21-17-5-1-9-19(17)13-7-8-14(16-4-3-11-23-16)15(12-13)20-10-2-6-18(20)22/h3-4,7-8,11-12H,1-2,5-6,9-10H2. The van der Waals surface area contributed by atoms with Crippen LogP contribution in [-0.4, -0.2) is 24.9 Å². The number of furan rings is 1. The van der Waals surface area contributed by atoms with E-state index >= 15 is 0 Å². The van der Waals surface area contributed by atoms with Gasteiger partial charge in [0.05, 0.1) is 12.0 Å². The van der Waals surface area contributed by atoms with E-state index in [1.807, 2.05) is 35.2 Å². The van der Waals surface area contributed by atoms with E-state index in [1.54, 1.807) is 11.2 Å². The number of rotatable bonds is 3. The van der Waals surface area contributed by atoms with Crippen LogP contribution in [0.1, 0.15) is 25.7 Å². The molecule has 0 bridgehead atoms. The van der Waals surface area contributed by atoms with Crippen molar-refractivity contribution in [2.75, 3.05) is 22.9 Å². The van der Waals surface area contributed by atoms with Crippen LogP contribution in [-0.2, 0) is 9.59 Å². The number of benzene rings is 1. The van der Waals surface area contributed by atoms with E-state index in [-0.39, 0.29) is 11.8 Å². The Morgan fingerprint density at radius 3 is 2.26 bits per heavy atom. The molecule has 2 aromatic rings. The number of anilines is 2. The molecule has 0 saturated carbocycles. The van der Waals surface area contributed by atoms with Gasteiger partial charge < -0.3 is 14.2 Å². The van der Waals surface area contributed by atoms with Crippen LogP contribution in [0.2, 0.25) is 0 Å². The predicted octanol–water partition coefficient (Wildman–Crippen LogP) is 3.20. The number of carbonyl (C=O) groups is 2. The zero-order chi connectivity index (χ0) is 15.8. The lowest BCUT2D eigenvalue weighted by atomic mass is 10.1. The lowest BCUT2D eigenvalue weighted by Gasteiger charge is -2.23. The molecule has 5 heteroatoms. The first-order valence-corrected chi connectivity index (χ1v) is 8.03. The summed E-state index contributed by atoms with van der Waals surface area (Å²) >= 11 is 0. The molecule has 1 aromatic carbocycles. The summed E-state index contributed by atoms with van der Waals surface area (Å²) in [5, 5.41) is 0. The molecule has 23 heavy (non-hydrogen) atoms. The van der Waals surface area contributed by atoms with Crippen molar-refractivity contribution >= 4 is 23.2 Å². The van der Waals surface area contributed by atoms with E-state index in [0.29, 0.717) is 19.4 Å². The van der Waals surface area contributed by atoms with Gasteiger partial charge in [0.15, 0.2) is 0 Å². The third kappa shape index (κ3) is 2.42. The second kappa shape index (κ2) is 5.57. The molecular formula is C18H18N2O3. The normalized spacial score (nSPS) is 18.3. The quantitative estimate of drug-likeness (QED) is 0.875. The maximum atomic E-state index is 12.2. The van der Waals surface area contributed by atoms with Gasteiger partial charge in [0.1, 0.15) is 5.76 Å². The van der Waals surface area contributed by atoms with Crippen molar-refractivity contribution in [2.45, 2.75) is 25.7 Å². The fourth-order valence-corrected chi connectivity index (χ4v) is 3.38. The zero-order valence-corrected chi connectivity index (χ0v) is 12.8. The first kappa shape index (κ1) is 14.1.